The third kappa shape index (κ3) is 1.54. The van der Waals surface area contributed by atoms with Crippen molar-refractivity contribution in [3.63, 3.8) is 0 Å². The van der Waals surface area contributed by atoms with E-state index in [9.17, 15) is 0 Å². The second-order valence-electron chi connectivity index (χ2n) is 7.22. The fourth-order valence-corrected chi connectivity index (χ4v) is 4.88. The number of hydrogen-bond acceptors (Lipinski definition) is 4. The van der Waals surface area contributed by atoms with Crippen molar-refractivity contribution in [1.29, 1.82) is 0 Å². The van der Waals surface area contributed by atoms with Crippen LogP contribution >= 0.6 is 0 Å². The number of hydrogen-bond donors (Lipinski definition) is 0. The van der Waals surface area contributed by atoms with Gasteiger partial charge >= 0.3 is 0 Å². The standard InChI is InChI=1S/C15H24O4/c1-9-4-5-11-10(2)8-16-13-15(11)12(9)6-7-14(3,17-13)18-19-15/h9-13H,4-8H2,1-3H3/t9-,10?,11?,12+,13-,14-,15+/m1/s1. The molecule has 0 aromatic heterocycles. The van der Waals surface area contributed by atoms with Crippen molar-refractivity contribution in [2.24, 2.45) is 23.7 Å². The van der Waals surface area contributed by atoms with Crippen molar-refractivity contribution in [2.75, 3.05) is 6.61 Å². The maximum absolute atomic E-state index is 6.16. The van der Waals surface area contributed by atoms with Gasteiger partial charge < -0.3 is 9.47 Å². The molecule has 19 heavy (non-hydrogen) atoms. The first-order valence-corrected chi connectivity index (χ1v) is 7.71. The highest BCUT2D eigenvalue weighted by atomic mass is 17.3. The lowest BCUT2D eigenvalue weighted by molar-refractivity contribution is -0.566. The van der Waals surface area contributed by atoms with Crippen molar-refractivity contribution in [2.45, 2.75) is 64.1 Å². The lowest BCUT2D eigenvalue weighted by atomic mass is 9.58. The van der Waals surface area contributed by atoms with Crippen LogP contribution in [-0.4, -0.2) is 24.3 Å². The summed E-state index contributed by atoms with van der Waals surface area (Å²) in [4.78, 5) is 11.7. The van der Waals surface area contributed by atoms with E-state index in [-0.39, 0.29) is 11.9 Å². The van der Waals surface area contributed by atoms with Crippen LogP contribution in [-0.2, 0) is 19.2 Å². The van der Waals surface area contributed by atoms with Gasteiger partial charge in [0.2, 0.25) is 5.79 Å². The first-order valence-electron chi connectivity index (χ1n) is 7.71. The van der Waals surface area contributed by atoms with Crippen molar-refractivity contribution in [3.05, 3.63) is 0 Å². The van der Waals surface area contributed by atoms with Crippen LogP contribution in [0.2, 0.25) is 0 Å². The molecule has 4 heterocycles. The summed E-state index contributed by atoms with van der Waals surface area (Å²) in [5, 5.41) is 0. The van der Waals surface area contributed by atoms with Gasteiger partial charge in [-0.1, -0.05) is 13.8 Å². The first kappa shape index (κ1) is 12.6. The summed E-state index contributed by atoms with van der Waals surface area (Å²) in [5.74, 6) is 1.53. The molecule has 5 aliphatic rings. The molecule has 1 aliphatic carbocycles. The van der Waals surface area contributed by atoms with Crippen LogP contribution in [0.4, 0.5) is 0 Å². The normalized spacial score (nSPS) is 60.5. The van der Waals surface area contributed by atoms with Crippen LogP contribution in [0.5, 0.6) is 0 Å². The monoisotopic (exact) mass is 268 g/mol. The van der Waals surface area contributed by atoms with E-state index in [0.717, 1.165) is 19.4 Å². The van der Waals surface area contributed by atoms with E-state index in [2.05, 4.69) is 13.8 Å². The van der Waals surface area contributed by atoms with Crippen LogP contribution in [0, 0.1) is 23.7 Å². The van der Waals surface area contributed by atoms with Crippen LogP contribution < -0.4 is 0 Å². The average molecular weight is 268 g/mol. The molecule has 0 radical (unpaired) electrons. The van der Waals surface area contributed by atoms with E-state index < -0.39 is 5.79 Å². The Balaban J connectivity index is 1.81. The summed E-state index contributed by atoms with van der Waals surface area (Å²) >= 11 is 0. The topological polar surface area (TPSA) is 36.9 Å². The van der Waals surface area contributed by atoms with Gasteiger partial charge in [-0.3, -0.25) is 0 Å². The molecule has 4 heteroatoms. The molecule has 108 valence electrons. The Hall–Kier alpha value is -0.160. The second-order valence-corrected chi connectivity index (χ2v) is 7.22. The molecule has 5 rings (SSSR count). The predicted octanol–water partition coefficient (Wildman–Crippen LogP) is 2.87. The SMILES string of the molecule is CC1CO[C@@H]2O[C@@]3(C)CC[C@H]4[C@H](C)CCC1[C@@]24OO3. The van der Waals surface area contributed by atoms with Gasteiger partial charge in [0, 0.05) is 12.3 Å². The Morgan fingerprint density at radius 1 is 0.947 bits per heavy atom. The van der Waals surface area contributed by atoms with Gasteiger partial charge in [0.25, 0.3) is 0 Å². The Labute approximate surface area is 114 Å². The van der Waals surface area contributed by atoms with Gasteiger partial charge in [-0.15, -0.1) is 0 Å². The molecule has 0 N–H and O–H groups in total. The van der Waals surface area contributed by atoms with E-state index in [0.29, 0.717) is 23.7 Å². The summed E-state index contributed by atoms with van der Waals surface area (Å²) in [5.41, 5.74) is -0.370. The fourth-order valence-electron chi connectivity index (χ4n) is 4.88. The summed E-state index contributed by atoms with van der Waals surface area (Å²) in [6.45, 7) is 7.36. The lowest BCUT2D eigenvalue weighted by Gasteiger charge is -2.58. The molecule has 0 aromatic rings. The van der Waals surface area contributed by atoms with E-state index in [1.165, 1.54) is 12.8 Å². The smallest absolute Gasteiger partial charge is 0.201 e. The van der Waals surface area contributed by atoms with Crippen LogP contribution in [0.1, 0.15) is 46.5 Å². The van der Waals surface area contributed by atoms with Crippen molar-refractivity contribution in [1.82, 2.24) is 0 Å². The quantitative estimate of drug-likeness (QED) is 0.633. The highest BCUT2D eigenvalue weighted by Gasteiger charge is 2.67. The van der Waals surface area contributed by atoms with Crippen molar-refractivity contribution >= 4 is 0 Å². The molecular formula is C15H24O4. The zero-order valence-corrected chi connectivity index (χ0v) is 12.1. The molecule has 4 aliphatic heterocycles. The van der Waals surface area contributed by atoms with Crippen LogP contribution in [0.3, 0.4) is 0 Å². The summed E-state index contributed by atoms with van der Waals surface area (Å²) < 4.78 is 12.2. The molecule has 7 atom stereocenters. The number of ether oxygens (including phenoxy) is 2. The van der Waals surface area contributed by atoms with Gasteiger partial charge in [-0.05, 0) is 43.9 Å². The zero-order valence-electron chi connectivity index (χ0n) is 12.1. The highest BCUT2D eigenvalue weighted by molar-refractivity contribution is 5.08. The minimum absolute atomic E-state index is 0.248. The Bertz CT molecular complexity index is 386. The molecular weight excluding hydrogens is 244 g/mol. The molecule has 2 unspecified atom stereocenters. The third-order valence-corrected chi connectivity index (χ3v) is 5.97. The van der Waals surface area contributed by atoms with Crippen LogP contribution in [0.25, 0.3) is 0 Å². The highest BCUT2D eigenvalue weighted by Crippen LogP contribution is 2.59. The Kier molecular flexibility index (Phi) is 2.61. The van der Waals surface area contributed by atoms with Gasteiger partial charge in [0.15, 0.2) is 11.9 Å². The molecule has 4 saturated heterocycles. The predicted molar refractivity (Wildman–Crippen MR) is 67.9 cm³/mol. The number of rotatable bonds is 0. The summed E-state index contributed by atoms with van der Waals surface area (Å²) in [7, 11) is 0. The van der Waals surface area contributed by atoms with Gasteiger partial charge in [-0.2, -0.15) is 0 Å². The molecule has 2 bridgehead atoms. The van der Waals surface area contributed by atoms with E-state index in [1.807, 2.05) is 6.92 Å². The molecule has 0 aromatic carbocycles. The van der Waals surface area contributed by atoms with E-state index >= 15 is 0 Å². The summed E-state index contributed by atoms with van der Waals surface area (Å²) in [6, 6.07) is 0. The minimum atomic E-state index is -0.627. The lowest BCUT2D eigenvalue weighted by Crippen LogP contribution is -2.68. The Morgan fingerprint density at radius 2 is 1.74 bits per heavy atom. The molecule has 1 spiro atoms. The van der Waals surface area contributed by atoms with Crippen molar-refractivity contribution < 1.29 is 19.2 Å². The first-order chi connectivity index (χ1) is 9.05. The maximum Gasteiger partial charge on any atom is 0.201 e. The average Bonchev–Trinajstić information content (AvgIpc) is 2.61. The van der Waals surface area contributed by atoms with Gasteiger partial charge in [0.1, 0.15) is 0 Å². The van der Waals surface area contributed by atoms with Gasteiger partial charge in [0.05, 0.1) is 6.61 Å². The molecule has 1 saturated carbocycles. The largest absolute Gasteiger partial charge is 0.349 e. The second kappa shape index (κ2) is 3.94. The van der Waals surface area contributed by atoms with E-state index in [4.69, 9.17) is 19.2 Å². The maximum atomic E-state index is 6.16. The molecule has 4 nitrogen and oxygen atoms in total. The fraction of sp³-hybridized carbons (Fsp3) is 1.00. The van der Waals surface area contributed by atoms with Crippen LogP contribution in [0.15, 0.2) is 0 Å². The van der Waals surface area contributed by atoms with E-state index in [1.54, 1.807) is 0 Å². The zero-order chi connectivity index (χ0) is 13.3. The van der Waals surface area contributed by atoms with Gasteiger partial charge in [-0.25, -0.2) is 9.78 Å². The molecule has 0 amide bonds. The third-order valence-electron chi connectivity index (χ3n) is 5.97. The summed E-state index contributed by atoms with van der Waals surface area (Å²) in [6.07, 6.45) is 4.24. The van der Waals surface area contributed by atoms with Crippen molar-refractivity contribution in [3.8, 4) is 0 Å². The minimum Gasteiger partial charge on any atom is -0.349 e. The number of fused-ring (bicyclic) bond motifs is 2. The molecule has 5 fully saturated rings. The Morgan fingerprint density at radius 3 is 2.58 bits per heavy atom.